The fourth-order valence-electron chi connectivity index (χ4n) is 4.12. The number of thioether (sulfide) groups is 1. The van der Waals surface area contributed by atoms with Crippen LogP contribution >= 0.6 is 23.4 Å². The van der Waals surface area contributed by atoms with Crippen LogP contribution in [0.3, 0.4) is 0 Å². The summed E-state index contributed by atoms with van der Waals surface area (Å²) in [6, 6.07) is 25.2. The van der Waals surface area contributed by atoms with E-state index in [1.54, 1.807) is 16.7 Å². The van der Waals surface area contributed by atoms with Gasteiger partial charge in [-0.3, -0.25) is 9.59 Å². The van der Waals surface area contributed by atoms with E-state index in [0.29, 0.717) is 31.0 Å². The highest BCUT2D eigenvalue weighted by molar-refractivity contribution is 7.99. The first kappa shape index (κ1) is 28.8. The van der Waals surface area contributed by atoms with Crippen molar-refractivity contribution in [1.82, 2.24) is 10.2 Å². The van der Waals surface area contributed by atoms with E-state index in [0.717, 1.165) is 46.6 Å². The lowest BCUT2D eigenvalue weighted by atomic mass is 10.0. The van der Waals surface area contributed by atoms with Gasteiger partial charge in [-0.15, -0.1) is 11.8 Å². The van der Waals surface area contributed by atoms with Crippen LogP contribution in [-0.2, 0) is 22.6 Å². The van der Waals surface area contributed by atoms with Crippen LogP contribution in [0.5, 0.6) is 0 Å². The fourth-order valence-corrected chi connectivity index (χ4v) is 5.10. The van der Waals surface area contributed by atoms with Gasteiger partial charge in [0.25, 0.3) is 0 Å². The monoisotopic (exact) mass is 536 g/mol. The Morgan fingerprint density at radius 2 is 1.65 bits per heavy atom. The Kier molecular flexibility index (Phi) is 12.1. The number of nitrogens with zero attached hydrogens (tertiary/aromatic N) is 1. The summed E-state index contributed by atoms with van der Waals surface area (Å²) in [6.07, 6.45) is 3.51. The molecule has 0 aliphatic carbocycles. The molecule has 2 amide bonds. The number of nitrogens with one attached hydrogen (secondary N) is 1. The molecule has 37 heavy (non-hydrogen) atoms. The summed E-state index contributed by atoms with van der Waals surface area (Å²) in [4.78, 5) is 30.1. The van der Waals surface area contributed by atoms with E-state index in [1.165, 1.54) is 0 Å². The maximum atomic E-state index is 13.7. The Balaban J connectivity index is 1.78. The van der Waals surface area contributed by atoms with Gasteiger partial charge < -0.3 is 10.2 Å². The van der Waals surface area contributed by atoms with Crippen molar-refractivity contribution >= 4 is 35.2 Å². The molecular weight excluding hydrogens is 500 g/mol. The van der Waals surface area contributed by atoms with Gasteiger partial charge in [0.05, 0.1) is 0 Å². The Morgan fingerprint density at radius 1 is 0.946 bits per heavy atom. The van der Waals surface area contributed by atoms with E-state index in [1.807, 2.05) is 85.8 Å². The number of hydrogen-bond acceptors (Lipinski definition) is 3. The smallest absolute Gasteiger partial charge is 0.243 e. The molecule has 3 aromatic carbocycles. The highest BCUT2D eigenvalue weighted by atomic mass is 35.5. The van der Waals surface area contributed by atoms with Crippen LogP contribution in [0.15, 0.2) is 83.8 Å². The van der Waals surface area contributed by atoms with E-state index in [4.69, 9.17) is 11.6 Å². The molecule has 0 heterocycles. The topological polar surface area (TPSA) is 49.4 Å². The van der Waals surface area contributed by atoms with E-state index < -0.39 is 6.04 Å². The number of rotatable bonds is 14. The molecule has 0 bridgehead atoms. The average Bonchev–Trinajstić information content (AvgIpc) is 2.91. The van der Waals surface area contributed by atoms with Gasteiger partial charge in [-0.25, -0.2) is 0 Å². The van der Waals surface area contributed by atoms with Crippen molar-refractivity contribution in [2.45, 2.75) is 63.4 Å². The van der Waals surface area contributed by atoms with Gasteiger partial charge in [0.1, 0.15) is 6.04 Å². The quantitative estimate of drug-likeness (QED) is 0.177. The summed E-state index contributed by atoms with van der Waals surface area (Å²) in [7, 11) is 0. The number of amides is 2. The van der Waals surface area contributed by atoms with Gasteiger partial charge in [0.15, 0.2) is 0 Å². The number of carbonyl (C=O) groups excluding carboxylic acids is 2. The maximum Gasteiger partial charge on any atom is 0.243 e. The number of benzene rings is 3. The minimum absolute atomic E-state index is 0.00605. The zero-order chi connectivity index (χ0) is 26.5. The number of aryl methyl sites for hydroxylation is 1. The van der Waals surface area contributed by atoms with Crippen molar-refractivity contribution in [3.63, 3.8) is 0 Å². The molecule has 0 aliphatic heterocycles. The second-order valence-corrected chi connectivity index (χ2v) is 10.8. The van der Waals surface area contributed by atoms with Crippen LogP contribution in [0.25, 0.3) is 0 Å². The second-order valence-electron chi connectivity index (χ2n) is 9.20. The molecule has 0 spiro atoms. The first-order chi connectivity index (χ1) is 18.0. The highest BCUT2D eigenvalue weighted by Crippen LogP contribution is 2.23. The van der Waals surface area contributed by atoms with Crippen molar-refractivity contribution in [1.29, 1.82) is 0 Å². The molecule has 196 valence electrons. The lowest BCUT2D eigenvalue weighted by Crippen LogP contribution is -2.50. The van der Waals surface area contributed by atoms with Crippen molar-refractivity contribution in [3.8, 4) is 0 Å². The van der Waals surface area contributed by atoms with Crippen molar-refractivity contribution in [2.75, 3.05) is 12.3 Å². The Hall–Kier alpha value is -2.76. The molecule has 1 atom stereocenters. The molecule has 4 nitrogen and oxygen atoms in total. The van der Waals surface area contributed by atoms with E-state index in [-0.39, 0.29) is 11.8 Å². The lowest BCUT2D eigenvalue weighted by molar-refractivity contribution is -0.141. The fraction of sp³-hybridized carbons (Fsp3) is 0.355. The van der Waals surface area contributed by atoms with E-state index >= 15 is 0 Å². The molecule has 0 unspecified atom stereocenters. The largest absolute Gasteiger partial charge is 0.354 e. The van der Waals surface area contributed by atoms with E-state index in [9.17, 15) is 9.59 Å². The second kappa shape index (κ2) is 15.5. The predicted molar refractivity (Wildman–Crippen MR) is 155 cm³/mol. The first-order valence-electron chi connectivity index (χ1n) is 13.0. The Labute approximate surface area is 230 Å². The summed E-state index contributed by atoms with van der Waals surface area (Å²) >= 11 is 7.70. The number of carbonyl (C=O) groups is 2. The van der Waals surface area contributed by atoms with Crippen molar-refractivity contribution in [3.05, 3.63) is 101 Å². The minimum atomic E-state index is -0.574. The Morgan fingerprint density at radius 3 is 2.35 bits per heavy atom. The summed E-state index contributed by atoms with van der Waals surface area (Å²) in [5, 5.41) is 3.80. The third kappa shape index (κ3) is 9.56. The molecule has 0 saturated heterocycles. The predicted octanol–water partition coefficient (Wildman–Crippen LogP) is 7.08. The summed E-state index contributed by atoms with van der Waals surface area (Å²) < 4.78 is 0. The number of unbranched alkanes of at least 4 members (excludes halogenated alkanes) is 1. The van der Waals surface area contributed by atoms with Crippen LogP contribution in [0.2, 0.25) is 5.02 Å². The zero-order valence-electron chi connectivity index (χ0n) is 21.8. The maximum absolute atomic E-state index is 13.7. The van der Waals surface area contributed by atoms with Crippen molar-refractivity contribution in [2.24, 2.45) is 0 Å². The SMILES string of the molecule is CCCCNC(=O)[C@H](Cc1ccccc1)N(Cc1ccccc1C)C(=O)CCCSc1ccc(Cl)cc1. The molecule has 0 radical (unpaired) electrons. The molecule has 3 aromatic rings. The van der Waals surface area contributed by atoms with Gasteiger partial charge >= 0.3 is 0 Å². The van der Waals surface area contributed by atoms with Gasteiger partial charge in [-0.05, 0) is 66.5 Å². The molecule has 0 aliphatic rings. The molecule has 3 rings (SSSR count). The zero-order valence-corrected chi connectivity index (χ0v) is 23.4. The molecular formula is C31H37ClN2O2S. The summed E-state index contributed by atoms with van der Waals surface area (Å²) in [5.74, 6) is 0.735. The standard InChI is InChI=1S/C31H37ClN2O2S/c1-3-4-20-33-31(36)29(22-25-12-6-5-7-13-25)34(23-26-14-9-8-11-24(26)2)30(35)15-10-21-37-28-18-16-27(32)17-19-28/h5-9,11-14,16-19,29H,3-4,10,15,20-23H2,1-2H3,(H,33,36)/t29-/m0/s1. The number of hydrogen-bond donors (Lipinski definition) is 1. The summed E-state index contributed by atoms with van der Waals surface area (Å²) in [5.41, 5.74) is 3.22. The van der Waals surface area contributed by atoms with Crippen LogP contribution in [-0.4, -0.2) is 35.1 Å². The first-order valence-corrected chi connectivity index (χ1v) is 14.4. The van der Waals surface area contributed by atoms with Crippen LogP contribution in [0.1, 0.15) is 49.3 Å². The Bertz CT molecular complexity index is 1120. The van der Waals surface area contributed by atoms with Crippen LogP contribution in [0.4, 0.5) is 0 Å². The molecule has 0 fully saturated rings. The van der Waals surface area contributed by atoms with Gasteiger partial charge in [0.2, 0.25) is 11.8 Å². The normalized spacial score (nSPS) is 11.6. The minimum Gasteiger partial charge on any atom is -0.354 e. The molecule has 1 N–H and O–H groups in total. The molecule has 0 aromatic heterocycles. The van der Waals surface area contributed by atoms with Gasteiger partial charge in [0, 0.05) is 35.8 Å². The van der Waals surface area contributed by atoms with E-state index in [2.05, 4.69) is 12.2 Å². The van der Waals surface area contributed by atoms with Gasteiger partial charge in [-0.2, -0.15) is 0 Å². The average molecular weight is 537 g/mol. The van der Waals surface area contributed by atoms with Crippen LogP contribution in [0, 0.1) is 6.92 Å². The lowest BCUT2D eigenvalue weighted by Gasteiger charge is -2.32. The molecule has 6 heteroatoms. The third-order valence-electron chi connectivity index (χ3n) is 6.32. The van der Waals surface area contributed by atoms with Crippen LogP contribution < -0.4 is 5.32 Å². The third-order valence-corrected chi connectivity index (χ3v) is 7.67. The molecule has 0 saturated carbocycles. The summed E-state index contributed by atoms with van der Waals surface area (Å²) in [6.45, 7) is 5.18. The number of halogens is 1. The highest BCUT2D eigenvalue weighted by Gasteiger charge is 2.30. The van der Waals surface area contributed by atoms with Gasteiger partial charge in [-0.1, -0.05) is 79.5 Å². The van der Waals surface area contributed by atoms with Crippen molar-refractivity contribution < 1.29 is 9.59 Å².